The van der Waals surface area contributed by atoms with Crippen molar-refractivity contribution in [2.24, 2.45) is 5.92 Å². The number of carbonyl (C=O) groups is 1. The van der Waals surface area contributed by atoms with Gasteiger partial charge in [-0.1, -0.05) is 37.1 Å². The van der Waals surface area contributed by atoms with Crippen LogP contribution in [0, 0.1) is 5.92 Å². The maximum absolute atomic E-state index is 12.2. The second-order valence-corrected chi connectivity index (χ2v) is 7.87. The summed E-state index contributed by atoms with van der Waals surface area (Å²) in [5.41, 5.74) is 2.37. The molecule has 3 nitrogen and oxygen atoms in total. The Morgan fingerprint density at radius 1 is 1.13 bits per heavy atom. The summed E-state index contributed by atoms with van der Waals surface area (Å²) in [5.74, 6) is 2.67. The smallest absolute Gasteiger partial charge is 0.223 e. The predicted molar refractivity (Wildman–Crippen MR) is 95.4 cm³/mol. The van der Waals surface area contributed by atoms with E-state index in [-0.39, 0.29) is 11.8 Å². The molecular formula is C19H27NO2S. The molecule has 1 aromatic rings. The van der Waals surface area contributed by atoms with Gasteiger partial charge in [-0.25, -0.2) is 0 Å². The van der Waals surface area contributed by atoms with Crippen molar-refractivity contribution in [2.45, 2.75) is 57.8 Å². The zero-order valence-corrected chi connectivity index (χ0v) is 14.6. The Labute approximate surface area is 143 Å². The Hall–Kier alpha value is -1.00. The predicted octanol–water partition coefficient (Wildman–Crippen LogP) is 3.91. The van der Waals surface area contributed by atoms with E-state index in [0.717, 1.165) is 29.9 Å². The van der Waals surface area contributed by atoms with Crippen LogP contribution in [0.15, 0.2) is 24.3 Å². The molecule has 3 rings (SSSR count). The van der Waals surface area contributed by atoms with Crippen molar-refractivity contribution in [3.63, 3.8) is 0 Å². The number of hydrogen-bond donors (Lipinski definition) is 1. The van der Waals surface area contributed by atoms with Crippen molar-refractivity contribution in [3.05, 3.63) is 35.4 Å². The molecule has 1 heterocycles. The number of hydrogen-bond acceptors (Lipinski definition) is 3. The highest BCUT2D eigenvalue weighted by Crippen LogP contribution is 2.23. The van der Waals surface area contributed by atoms with E-state index in [1.165, 1.54) is 31.2 Å². The summed E-state index contributed by atoms with van der Waals surface area (Å²) in [6.45, 7) is 1.31. The first-order valence-electron chi connectivity index (χ1n) is 8.86. The Balaban J connectivity index is 1.45. The lowest BCUT2D eigenvalue weighted by Crippen LogP contribution is -2.32. The molecule has 1 aromatic carbocycles. The number of amides is 1. The molecule has 0 radical (unpaired) electrons. The molecule has 1 N–H and O–H groups in total. The van der Waals surface area contributed by atoms with Gasteiger partial charge in [0.1, 0.15) is 0 Å². The van der Waals surface area contributed by atoms with Crippen molar-refractivity contribution >= 4 is 17.7 Å². The lowest BCUT2D eigenvalue weighted by Gasteiger charge is -2.20. The number of thioether (sulfide) groups is 1. The molecule has 1 aliphatic carbocycles. The van der Waals surface area contributed by atoms with Crippen LogP contribution in [0.4, 0.5) is 0 Å². The molecule has 1 saturated carbocycles. The fourth-order valence-corrected chi connectivity index (χ4v) is 4.50. The molecule has 0 spiro atoms. The fraction of sp³-hybridized carbons (Fsp3) is 0.632. The molecule has 0 aromatic heterocycles. The van der Waals surface area contributed by atoms with E-state index in [2.05, 4.69) is 29.6 Å². The third kappa shape index (κ3) is 5.25. The highest BCUT2D eigenvalue weighted by molar-refractivity contribution is 7.99. The van der Waals surface area contributed by atoms with Gasteiger partial charge in [0.2, 0.25) is 5.91 Å². The highest BCUT2D eigenvalue weighted by Gasteiger charge is 2.21. The zero-order chi connectivity index (χ0) is 15.9. The molecule has 0 bridgehead atoms. The highest BCUT2D eigenvalue weighted by atomic mass is 32.2. The SMILES string of the molecule is O=C(NCc1cccc(COC2CCCC2)c1)C1CCSCC1. The molecule has 4 heteroatoms. The molecule has 0 atom stereocenters. The van der Waals surface area contributed by atoms with Gasteiger partial charge < -0.3 is 10.1 Å². The first-order valence-corrected chi connectivity index (χ1v) is 10.0. The van der Waals surface area contributed by atoms with E-state index in [0.29, 0.717) is 19.3 Å². The summed E-state index contributed by atoms with van der Waals surface area (Å²) in [6.07, 6.45) is 7.50. The first kappa shape index (κ1) is 16.8. The molecule has 1 amide bonds. The van der Waals surface area contributed by atoms with Gasteiger partial charge in [0.25, 0.3) is 0 Å². The van der Waals surface area contributed by atoms with Crippen molar-refractivity contribution in [1.82, 2.24) is 5.32 Å². The minimum Gasteiger partial charge on any atom is -0.374 e. The minimum atomic E-state index is 0.213. The van der Waals surface area contributed by atoms with E-state index >= 15 is 0 Å². The molecule has 1 saturated heterocycles. The van der Waals surface area contributed by atoms with E-state index in [4.69, 9.17) is 4.74 Å². The first-order chi connectivity index (χ1) is 11.3. The van der Waals surface area contributed by atoms with Crippen molar-refractivity contribution in [3.8, 4) is 0 Å². The summed E-state index contributed by atoms with van der Waals surface area (Å²) in [6, 6.07) is 8.41. The molecule has 23 heavy (non-hydrogen) atoms. The van der Waals surface area contributed by atoms with Gasteiger partial charge >= 0.3 is 0 Å². The summed E-state index contributed by atoms with van der Waals surface area (Å²) >= 11 is 1.95. The second kappa shape index (κ2) is 8.74. The quantitative estimate of drug-likeness (QED) is 0.858. The zero-order valence-electron chi connectivity index (χ0n) is 13.8. The average molecular weight is 333 g/mol. The molecule has 2 aliphatic rings. The Kier molecular flexibility index (Phi) is 6.40. The topological polar surface area (TPSA) is 38.3 Å². The van der Waals surface area contributed by atoms with E-state index in [1.807, 2.05) is 11.8 Å². The van der Waals surface area contributed by atoms with Gasteiger partial charge in [-0.05, 0) is 48.3 Å². The van der Waals surface area contributed by atoms with Gasteiger partial charge in [-0.2, -0.15) is 11.8 Å². The number of nitrogens with one attached hydrogen (secondary N) is 1. The summed E-state index contributed by atoms with van der Waals surface area (Å²) in [4.78, 5) is 12.2. The van der Waals surface area contributed by atoms with E-state index < -0.39 is 0 Å². The summed E-state index contributed by atoms with van der Waals surface area (Å²) in [5, 5.41) is 3.10. The standard InChI is InChI=1S/C19H27NO2S/c21-19(17-8-10-23-11-9-17)20-13-15-4-3-5-16(12-15)14-22-18-6-1-2-7-18/h3-5,12,17-18H,1-2,6-11,13-14H2,(H,20,21). The van der Waals surface area contributed by atoms with Crippen LogP contribution in [0.25, 0.3) is 0 Å². The van der Waals surface area contributed by atoms with Crippen LogP contribution in [0.5, 0.6) is 0 Å². The van der Waals surface area contributed by atoms with Gasteiger partial charge in [0.05, 0.1) is 12.7 Å². The van der Waals surface area contributed by atoms with Crippen LogP contribution in [-0.2, 0) is 22.7 Å². The fourth-order valence-electron chi connectivity index (χ4n) is 3.39. The molecule has 126 valence electrons. The maximum Gasteiger partial charge on any atom is 0.223 e. The Morgan fingerprint density at radius 3 is 2.65 bits per heavy atom. The minimum absolute atomic E-state index is 0.213. The van der Waals surface area contributed by atoms with Crippen LogP contribution in [0.1, 0.15) is 49.7 Å². The van der Waals surface area contributed by atoms with Crippen LogP contribution in [-0.4, -0.2) is 23.5 Å². The number of benzene rings is 1. The van der Waals surface area contributed by atoms with Gasteiger partial charge in [0.15, 0.2) is 0 Å². The second-order valence-electron chi connectivity index (χ2n) is 6.64. The van der Waals surface area contributed by atoms with Crippen LogP contribution in [0.3, 0.4) is 0 Å². The lowest BCUT2D eigenvalue weighted by atomic mass is 10.0. The number of carbonyl (C=O) groups excluding carboxylic acids is 1. The van der Waals surface area contributed by atoms with Crippen LogP contribution in [0.2, 0.25) is 0 Å². The molecule has 2 fully saturated rings. The largest absolute Gasteiger partial charge is 0.374 e. The van der Waals surface area contributed by atoms with E-state index in [9.17, 15) is 4.79 Å². The van der Waals surface area contributed by atoms with E-state index in [1.54, 1.807) is 0 Å². The van der Waals surface area contributed by atoms with Crippen molar-refractivity contribution in [2.75, 3.05) is 11.5 Å². The third-order valence-electron chi connectivity index (χ3n) is 4.84. The van der Waals surface area contributed by atoms with Gasteiger partial charge in [0, 0.05) is 12.5 Å². The Bertz CT molecular complexity index is 508. The third-order valence-corrected chi connectivity index (χ3v) is 5.89. The monoisotopic (exact) mass is 333 g/mol. The lowest BCUT2D eigenvalue weighted by molar-refractivity contribution is -0.125. The summed E-state index contributed by atoms with van der Waals surface area (Å²) in [7, 11) is 0. The Morgan fingerprint density at radius 2 is 1.87 bits per heavy atom. The van der Waals surface area contributed by atoms with Crippen LogP contribution >= 0.6 is 11.8 Å². The van der Waals surface area contributed by atoms with Gasteiger partial charge in [-0.3, -0.25) is 4.79 Å². The molecule has 0 unspecified atom stereocenters. The van der Waals surface area contributed by atoms with Crippen molar-refractivity contribution in [1.29, 1.82) is 0 Å². The molecular weight excluding hydrogens is 306 g/mol. The average Bonchev–Trinajstić information content (AvgIpc) is 3.12. The number of rotatable bonds is 6. The summed E-state index contributed by atoms with van der Waals surface area (Å²) < 4.78 is 5.98. The van der Waals surface area contributed by atoms with Crippen molar-refractivity contribution < 1.29 is 9.53 Å². The van der Waals surface area contributed by atoms with Crippen LogP contribution < -0.4 is 5.32 Å². The maximum atomic E-state index is 12.2. The molecule has 1 aliphatic heterocycles. The normalized spacial score (nSPS) is 19.8. The number of ether oxygens (including phenoxy) is 1. The van der Waals surface area contributed by atoms with Gasteiger partial charge in [-0.15, -0.1) is 0 Å².